The molecule has 0 radical (unpaired) electrons. The van der Waals surface area contributed by atoms with Gasteiger partial charge in [-0.3, -0.25) is 14.4 Å². The Kier molecular flexibility index (Phi) is 7.21. The normalized spacial score (nSPS) is 10.2. The molecular weight excluding hydrogens is 302 g/mol. The first-order chi connectivity index (χ1) is 10.9. The van der Waals surface area contributed by atoms with Crippen LogP contribution in [0.2, 0.25) is 0 Å². The molecule has 126 valence electrons. The number of ketones is 1. The molecule has 1 aromatic carbocycles. The summed E-state index contributed by atoms with van der Waals surface area (Å²) in [6.07, 6.45) is -0.0543. The summed E-state index contributed by atoms with van der Waals surface area (Å²) in [7, 11) is 2.94. The maximum absolute atomic E-state index is 12.4. The molecule has 0 aliphatic carbocycles. The van der Waals surface area contributed by atoms with Crippen LogP contribution in [0.3, 0.4) is 0 Å². The van der Waals surface area contributed by atoms with Gasteiger partial charge in [0.15, 0.2) is 5.78 Å². The van der Waals surface area contributed by atoms with Crippen molar-refractivity contribution in [3.05, 3.63) is 29.3 Å². The van der Waals surface area contributed by atoms with E-state index in [-0.39, 0.29) is 31.3 Å². The van der Waals surface area contributed by atoms with Crippen molar-refractivity contribution in [2.75, 3.05) is 33.9 Å². The van der Waals surface area contributed by atoms with Gasteiger partial charge in [-0.05, 0) is 25.1 Å². The summed E-state index contributed by atoms with van der Waals surface area (Å²) in [6, 6.07) is 4.83. The van der Waals surface area contributed by atoms with E-state index in [9.17, 15) is 14.4 Å². The lowest BCUT2D eigenvalue weighted by Crippen LogP contribution is -2.39. The van der Waals surface area contributed by atoms with E-state index in [1.807, 2.05) is 0 Å². The summed E-state index contributed by atoms with van der Waals surface area (Å²) in [6.45, 7) is 1.44. The SMILES string of the molecule is COCCN(CC(=O)O)C(=O)Cc1cc(C(C)=O)ccc1OC. The van der Waals surface area contributed by atoms with E-state index in [1.165, 1.54) is 26.0 Å². The molecule has 7 heteroatoms. The molecule has 0 aliphatic heterocycles. The van der Waals surface area contributed by atoms with Crippen molar-refractivity contribution in [1.82, 2.24) is 4.90 Å². The second kappa shape index (κ2) is 8.89. The maximum Gasteiger partial charge on any atom is 0.323 e. The first-order valence-corrected chi connectivity index (χ1v) is 7.05. The topological polar surface area (TPSA) is 93.1 Å². The zero-order valence-electron chi connectivity index (χ0n) is 13.5. The van der Waals surface area contributed by atoms with Gasteiger partial charge in [-0.25, -0.2) is 0 Å². The fraction of sp³-hybridized carbons (Fsp3) is 0.438. The Morgan fingerprint density at radius 3 is 2.43 bits per heavy atom. The van der Waals surface area contributed by atoms with E-state index < -0.39 is 12.5 Å². The number of carboxylic acid groups (broad SMARTS) is 1. The van der Waals surface area contributed by atoms with Gasteiger partial charge in [0.2, 0.25) is 5.91 Å². The number of carbonyl (C=O) groups excluding carboxylic acids is 2. The van der Waals surface area contributed by atoms with E-state index in [0.717, 1.165) is 0 Å². The second-order valence-electron chi connectivity index (χ2n) is 4.96. The van der Waals surface area contributed by atoms with E-state index in [2.05, 4.69) is 0 Å². The summed E-state index contributed by atoms with van der Waals surface area (Å²) in [5, 5.41) is 8.91. The number of aliphatic carboxylic acids is 1. The molecule has 0 saturated carbocycles. The van der Waals surface area contributed by atoms with Crippen LogP contribution in [0.4, 0.5) is 0 Å². The van der Waals surface area contributed by atoms with Gasteiger partial charge in [0.25, 0.3) is 0 Å². The summed E-state index contributed by atoms with van der Waals surface area (Å²) in [5.41, 5.74) is 1.01. The zero-order chi connectivity index (χ0) is 17.4. The highest BCUT2D eigenvalue weighted by Gasteiger charge is 2.19. The fourth-order valence-electron chi connectivity index (χ4n) is 2.07. The van der Waals surface area contributed by atoms with Crippen LogP contribution in [0.1, 0.15) is 22.8 Å². The fourth-order valence-corrected chi connectivity index (χ4v) is 2.07. The quantitative estimate of drug-likeness (QED) is 0.682. The van der Waals surface area contributed by atoms with Crippen LogP contribution in [-0.4, -0.2) is 61.6 Å². The summed E-state index contributed by atoms with van der Waals surface area (Å²) in [5.74, 6) is -1.11. The number of hydrogen-bond acceptors (Lipinski definition) is 5. The van der Waals surface area contributed by atoms with Gasteiger partial charge in [-0.1, -0.05) is 0 Å². The Morgan fingerprint density at radius 1 is 1.22 bits per heavy atom. The average molecular weight is 323 g/mol. The number of Topliss-reactive ketones (excluding diaryl/α,β-unsaturated/α-hetero) is 1. The highest BCUT2D eigenvalue weighted by atomic mass is 16.5. The van der Waals surface area contributed by atoms with Crippen molar-refractivity contribution in [2.45, 2.75) is 13.3 Å². The van der Waals surface area contributed by atoms with Crippen molar-refractivity contribution < 1.29 is 29.0 Å². The predicted molar refractivity (Wildman–Crippen MR) is 82.8 cm³/mol. The van der Waals surface area contributed by atoms with E-state index in [0.29, 0.717) is 16.9 Å². The van der Waals surface area contributed by atoms with E-state index in [1.54, 1.807) is 18.2 Å². The molecule has 1 rings (SSSR count). The summed E-state index contributed by atoms with van der Waals surface area (Å²) >= 11 is 0. The lowest BCUT2D eigenvalue weighted by atomic mass is 10.0. The van der Waals surface area contributed by atoms with Gasteiger partial charge < -0.3 is 19.5 Å². The van der Waals surface area contributed by atoms with Crippen LogP contribution in [-0.2, 0) is 20.7 Å². The van der Waals surface area contributed by atoms with Gasteiger partial charge >= 0.3 is 5.97 Å². The minimum atomic E-state index is -1.10. The van der Waals surface area contributed by atoms with E-state index in [4.69, 9.17) is 14.6 Å². The molecule has 0 atom stereocenters. The number of carbonyl (C=O) groups is 3. The average Bonchev–Trinajstić information content (AvgIpc) is 2.50. The van der Waals surface area contributed by atoms with Gasteiger partial charge in [-0.2, -0.15) is 0 Å². The Morgan fingerprint density at radius 2 is 1.91 bits per heavy atom. The number of carboxylic acids is 1. The van der Waals surface area contributed by atoms with Crippen LogP contribution >= 0.6 is 0 Å². The smallest absolute Gasteiger partial charge is 0.323 e. The Labute approximate surface area is 134 Å². The number of amides is 1. The van der Waals surface area contributed by atoms with Crippen molar-refractivity contribution >= 4 is 17.7 Å². The lowest BCUT2D eigenvalue weighted by Gasteiger charge is -2.21. The largest absolute Gasteiger partial charge is 0.496 e. The number of ether oxygens (including phenoxy) is 2. The number of methoxy groups -OCH3 is 2. The van der Waals surface area contributed by atoms with Crippen LogP contribution < -0.4 is 4.74 Å². The molecule has 0 fully saturated rings. The third-order valence-electron chi connectivity index (χ3n) is 3.27. The molecule has 0 aromatic heterocycles. The number of benzene rings is 1. The first-order valence-electron chi connectivity index (χ1n) is 7.05. The molecule has 0 unspecified atom stereocenters. The monoisotopic (exact) mass is 323 g/mol. The van der Waals surface area contributed by atoms with Gasteiger partial charge in [0.1, 0.15) is 12.3 Å². The number of hydrogen-bond donors (Lipinski definition) is 1. The molecule has 0 spiro atoms. The Hall–Kier alpha value is -2.41. The maximum atomic E-state index is 12.4. The summed E-state index contributed by atoms with van der Waals surface area (Å²) < 4.78 is 10.1. The van der Waals surface area contributed by atoms with Crippen LogP contribution in [0.25, 0.3) is 0 Å². The molecule has 7 nitrogen and oxygen atoms in total. The highest BCUT2D eigenvalue weighted by molar-refractivity contribution is 5.95. The third-order valence-corrected chi connectivity index (χ3v) is 3.27. The van der Waals surface area contributed by atoms with Crippen LogP contribution in [0, 0.1) is 0 Å². The second-order valence-corrected chi connectivity index (χ2v) is 4.96. The Bertz CT molecular complexity index is 584. The molecular formula is C16H21NO6. The van der Waals surface area contributed by atoms with Crippen molar-refractivity contribution in [3.63, 3.8) is 0 Å². The molecule has 0 aliphatic rings. The van der Waals surface area contributed by atoms with Crippen molar-refractivity contribution in [1.29, 1.82) is 0 Å². The van der Waals surface area contributed by atoms with Crippen LogP contribution in [0.5, 0.6) is 5.75 Å². The lowest BCUT2D eigenvalue weighted by molar-refractivity contribution is -0.144. The predicted octanol–water partition coefficient (Wildman–Crippen LogP) is 1.000. The standard InChI is InChI=1S/C16H21NO6/c1-11(18)12-4-5-14(23-3)13(8-12)9-15(19)17(6-7-22-2)10-16(20)21/h4-5,8H,6-7,9-10H2,1-3H3,(H,20,21). The Balaban J connectivity index is 2.97. The zero-order valence-corrected chi connectivity index (χ0v) is 13.5. The van der Waals surface area contributed by atoms with E-state index >= 15 is 0 Å². The minimum absolute atomic E-state index is 0.0543. The van der Waals surface area contributed by atoms with Gasteiger partial charge in [0.05, 0.1) is 20.1 Å². The molecule has 0 saturated heterocycles. The van der Waals surface area contributed by atoms with Gasteiger partial charge in [0, 0.05) is 24.8 Å². The molecule has 0 heterocycles. The first kappa shape index (κ1) is 18.6. The molecule has 1 aromatic rings. The number of rotatable bonds is 9. The van der Waals surface area contributed by atoms with Crippen molar-refractivity contribution in [2.24, 2.45) is 0 Å². The highest BCUT2D eigenvalue weighted by Crippen LogP contribution is 2.21. The molecule has 1 amide bonds. The number of nitrogens with zero attached hydrogens (tertiary/aromatic N) is 1. The molecule has 23 heavy (non-hydrogen) atoms. The van der Waals surface area contributed by atoms with Gasteiger partial charge in [-0.15, -0.1) is 0 Å². The minimum Gasteiger partial charge on any atom is -0.496 e. The van der Waals surface area contributed by atoms with Crippen molar-refractivity contribution in [3.8, 4) is 5.75 Å². The van der Waals surface area contributed by atoms with Crippen LogP contribution in [0.15, 0.2) is 18.2 Å². The summed E-state index contributed by atoms with van der Waals surface area (Å²) in [4.78, 5) is 35.9. The molecule has 0 bridgehead atoms. The third kappa shape index (κ3) is 5.71. The molecule has 1 N–H and O–H groups in total.